The summed E-state index contributed by atoms with van der Waals surface area (Å²) in [5, 5.41) is 21.9. The first-order chi connectivity index (χ1) is 10.8. The molecule has 5 nitrogen and oxygen atoms in total. The monoisotopic (exact) mass is 327 g/mol. The van der Waals surface area contributed by atoms with Crippen molar-refractivity contribution in [3.05, 3.63) is 12.2 Å². The van der Waals surface area contributed by atoms with Crippen LogP contribution in [-0.2, 0) is 9.53 Å². The molecular weight excluding hydrogens is 294 g/mol. The Hall–Kier alpha value is -0.910. The van der Waals surface area contributed by atoms with Gasteiger partial charge in [0.15, 0.2) is 0 Å². The highest BCUT2D eigenvalue weighted by atomic mass is 16.6. The normalized spacial score (nSPS) is 29.1. The van der Waals surface area contributed by atoms with E-state index in [0.29, 0.717) is 6.42 Å². The number of rotatable bonds is 10. The van der Waals surface area contributed by atoms with Gasteiger partial charge in [-0.1, -0.05) is 34.1 Å². The predicted molar refractivity (Wildman–Crippen MR) is 91.0 cm³/mol. The summed E-state index contributed by atoms with van der Waals surface area (Å²) in [6, 6.07) is -0.223. The van der Waals surface area contributed by atoms with E-state index in [4.69, 9.17) is 4.74 Å². The van der Waals surface area contributed by atoms with E-state index >= 15 is 0 Å². The lowest BCUT2D eigenvalue weighted by Gasteiger charge is -2.21. The van der Waals surface area contributed by atoms with Crippen LogP contribution in [0.1, 0.15) is 53.9 Å². The van der Waals surface area contributed by atoms with Crippen molar-refractivity contribution >= 4 is 5.91 Å². The molecule has 3 N–H and O–H groups in total. The molecule has 6 atom stereocenters. The smallest absolute Gasteiger partial charge is 0.244 e. The molecule has 1 heterocycles. The van der Waals surface area contributed by atoms with Gasteiger partial charge in [0.2, 0.25) is 5.91 Å². The van der Waals surface area contributed by atoms with Crippen molar-refractivity contribution in [2.75, 3.05) is 6.61 Å². The molecule has 1 fully saturated rings. The second kappa shape index (κ2) is 8.81. The van der Waals surface area contributed by atoms with E-state index in [0.717, 1.165) is 12.8 Å². The van der Waals surface area contributed by atoms with Crippen LogP contribution in [0, 0.1) is 11.8 Å². The first-order valence-corrected chi connectivity index (χ1v) is 8.73. The Morgan fingerprint density at radius 2 is 2.00 bits per heavy atom. The van der Waals surface area contributed by atoms with Crippen LogP contribution in [0.3, 0.4) is 0 Å². The van der Waals surface area contributed by atoms with Crippen molar-refractivity contribution in [1.82, 2.24) is 5.32 Å². The Morgan fingerprint density at radius 1 is 1.35 bits per heavy atom. The first kappa shape index (κ1) is 20.1. The summed E-state index contributed by atoms with van der Waals surface area (Å²) in [6.07, 6.45) is 5.36. The summed E-state index contributed by atoms with van der Waals surface area (Å²) in [5.74, 6) is 0.266. The zero-order valence-electron chi connectivity index (χ0n) is 15.1. The van der Waals surface area contributed by atoms with Crippen molar-refractivity contribution in [2.45, 2.75) is 77.7 Å². The standard InChI is InChI=1S/C18H33NO4/c1-6-12(3)15(11-20)19-16(22)8-9-18(5)17(23-18)13(4)10-14(21)7-2/h8-9,12-15,17,20-21H,6-7,10-11H2,1-5H3,(H,19,22)/t12-,13-,14+,15+,17+,18+/m0/s1. The van der Waals surface area contributed by atoms with Gasteiger partial charge < -0.3 is 20.3 Å². The maximum atomic E-state index is 12.0. The SMILES string of the molecule is CC[C@@H](O)C[C@H](C)[C@H]1O[C@]1(C)C=CC(=O)N[C@H](CO)[C@@H](C)CC. The van der Waals surface area contributed by atoms with Gasteiger partial charge in [-0.05, 0) is 37.7 Å². The zero-order chi connectivity index (χ0) is 17.6. The number of carbonyl (C=O) groups excluding carboxylic acids is 1. The second-order valence-electron chi connectivity index (χ2n) is 7.01. The van der Waals surface area contributed by atoms with Gasteiger partial charge in [0, 0.05) is 6.08 Å². The summed E-state index contributed by atoms with van der Waals surface area (Å²) in [5.41, 5.74) is -0.435. The zero-order valence-corrected chi connectivity index (χ0v) is 15.1. The molecule has 0 aromatic rings. The van der Waals surface area contributed by atoms with Gasteiger partial charge in [0.1, 0.15) is 5.60 Å². The molecule has 0 bridgehead atoms. The molecule has 1 rings (SSSR count). The summed E-state index contributed by atoms with van der Waals surface area (Å²) in [6.45, 7) is 9.96. The highest BCUT2D eigenvalue weighted by molar-refractivity contribution is 5.88. The number of hydrogen-bond acceptors (Lipinski definition) is 4. The van der Waals surface area contributed by atoms with Crippen LogP contribution >= 0.6 is 0 Å². The van der Waals surface area contributed by atoms with Crippen LogP contribution < -0.4 is 5.32 Å². The quantitative estimate of drug-likeness (QED) is 0.423. The van der Waals surface area contributed by atoms with Gasteiger partial charge in [-0.25, -0.2) is 0 Å². The van der Waals surface area contributed by atoms with Crippen molar-refractivity contribution in [1.29, 1.82) is 0 Å². The van der Waals surface area contributed by atoms with E-state index in [2.05, 4.69) is 12.2 Å². The third-order valence-corrected chi connectivity index (χ3v) is 4.94. The number of aliphatic hydroxyl groups is 2. The Balaban J connectivity index is 2.49. The maximum Gasteiger partial charge on any atom is 0.244 e. The summed E-state index contributed by atoms with van der Waals surface area (Å²) in [7, 11) is 0. The van der Waals surface area contributed by atoms with Crippen LogP contribution in [0.4, 0.5) is 0 Å². The molecule has 0 unspecified atom stereocenters. The summed E-state index contributed by atoms with van der Waals surface area (Å²) >= 11 is 0. The van der Waals surface area contributed by atoms with Crippen molar-refractivity contribution in [3.8, 4) is 0 Å². The fourth-order valence-corrected chi connectivity index (χ4v) is 2.90. The van der Waals surface area contributed by atoms with Crippen LogP contribution in [0.2, 0.25) is 0 Å². The van der Waals surface area contributed by atoms with Crippen molar-refractivity contribution < 1.29 is 19.7 Å². The van der Waals surface area contributed by atoms with E-state index in [1.807, 2.05) is 27.7 Å². The molecule has 23 heavy (non-hydrogen) atoms. The number of carbonyl (C=O) groups is 1. The van der Waals surface area contributed by atoms with Crippen molar-refractivity contribution in [2.24, 2.45) is 11.8 Å². The number of hydrogen-bond donors (Lipinski definition) is 3. The molecule has 0 saturated carbocycles. The lowest BCUT2D eigenvalue weighted by Crippen LogP contribution is -2.41. The minimum atomic E-state index is -0.435. The Labute approximate surface area is 140 Å². The number of epoxide rings is 1. The van der Waals surface area contributed by atoms with Gasteiger partial charge in [0.25, 0.3) is 0 Å². The lowest BCUT2D eigenvalue weighted by atomic mass is 9.91. The molecule has 1 aliphatic rings. The summed E-state index contributed by atoms with van der Waals surface area (Å²) < 4.78 is 5.73. The number of ether oxygens (including phenoxy) is 1. The molecule has 0 aromatic heterocycles. The largest absolute Gasteiger partial charge is 0.394 e. The third kappa shape index (κ3) is 5.90. The van der Waals surface area contributed by atoms with Gasteiger partial charge in [-0.2, -0.15) is 0 Å². The van der Waals surface area contributed by atoms with E-state index in [9.17, 15) is 15.0 Å². The molecule has 5 heteroatoms. The first-order valence-electron chi connectivity index (χ1n) is 8.73. The molecule has 0 radical (unpaired) electrons. The third-order valence-electron chi connectivity index (χ3n) is 4.94. The molecule has 1 aliphatic heterocycles. The van der Waals surface area contributed by atoms with Gasteiger partial charge in [-0.15, -0.1) is 0 Å². The Morgan fingerprint density at radius 3 is 2.52 bits per heavy atom. The molecule has 0 aliphatic carbocycles. The van der Waals surface area contributed by atoms with E-state index in [1.165, 1.54) is 6.08 Å². The number of amides is 1. The van der Waals surface area contributed by atoms with Crippen molar-refractivity contribution in [3.63, 3.8) is 0 Å². The van der Waals surface area contributed by atoms with E-state index in [-0.39, 0.29) is 42.6 Å². The van der Waals surface area contributed by atoms with E-state index < -0.39 is 5.60 Å². The predicted octanol–water partition coefficient (Wildman–Crippen LogP) is 2.02. The summed E-state index contributed by atoms with van der Waals surface area (Å²) in [4.78, 5) is 12.0. The number of nitrogens with one attached hydrogen (secondary N) is 1. The van der Waals surface area contributed by atoms with Crippen LogP contribution in [-0.4, -0.2) is 46.6 Å². The van der Waals surface area contributed by atoms with Gasteiger partial charge in [-0.3, -0.25) is 4.79 Å². The highest BCUT2D eigenvalue weighted by Gasteiger charge is 2.53. The minimum absolute atomic E-state index is 0.0379. The Bertz CT molecular complexity index is 412. The lowest BCUT2D eigenvalue weighted by molar-refractivity contribution is -0.117. The number of aliphatic hydroxyl groups excluding tert-OH is 2. The molecule has 0 spiro atoms. The Kier molecular flexibility index (Phi) is 7.71. The van der Waals surface area contributed by atoms with E-state index in [1.54, 1.807) is 6.08 Å². The van der Waals surface area contributed by atoms with Gasteiger partial charge in [0.05, 0.1) is 24.9 Å². The minimum Gasteiger partial charge on any atom is -0.394 e. The molecule has 0 aromatic carbocycles. The fourth-order valence-electron chi connectivity index (χ4n) is 2.90. The maximum absolute atomic E-state index is 12.0. The molecular formula is C18H33NO4. The topological polar surface area (TPSA) is 82.1 Å². The molecule has 1 saturated heterocycles. The molecule has 1 amide bonds. The van der Waals surface area contributed by atoms with Crippen LogP contribution in [0.5, 0.6) is 0 Å². The van der Waals surface area contributed by atoms with Crippen LogP contribution in [0.15, 0.2) is 12.2 Å². The fraction of sp³-hybridized carbons (Fsp3) is 0.833. The average molecular weight is 327 g/mol. The van der Waals surface area contributed by atoms with Crippen LogP contribution in [0.25, 0.3) is 0 Å². The highest BCUT2D eigenvalue weighted by Crippen LogP contribution is 2.43. The average Bonchev–Trinajstić information content (AvgIpc) is 3.22. The second-order valence-corrected chi connectivity index (χ2v) is 7.01. The molecule has 134 valence electrons. The van der Waals surface area contributed by atoms with Gasteiger partial charge >= 0.3 is 0 Å².